The van der Waals surface area contributed by atoms with Crippen molar-refractivity contribution in [1.82, 2.24) is 9.97 Å². The molecule has 0 saturated carbocycles. The van der Waals surface area contributed by atoms with Crippen LogP contribution in [0.4, 0.5) is 5.69 Å². The van der Waals surface area contributed by atoms with Crippen LogP contribution in [0.3, 0.4) is 0 Å². The molecule has 1 amide bonds. The molecule has 0 aliphatic carbocycles. The molecule has 4 aromatic rings. The van der Waals surface area contributed by atoms with Gasteiger partial charge in [-0.3, -0.25) is 4.79 Å². The Kier molecular flexibility index (Phi) is 6.30. The number of ether oxygens (including phenoxy) is 3. The maximum absolute atomic E-state index is 13.2. The average Bonchev–Trinajstić information content (AvgIpc) is 2.83. The molecule has 0 atom stereocenters. The number of benzene rings is 3. The zero-order chi connectivity index (χ0) is 24.3. The summed E-state index contributed by atoms with van der Waals surface area (Å²) >= 11 is 0. The average molecular weight is 481 g/mol. The fourth-order valence-corrected chi connectivity index (χ4v) is 3.67. The highest BCUT2D eigenvalue weighted by Crippen LogP contribution is 2.35. The summed E-state index contributed by atoms with van der Waals surface area (Å²) in [5, 5.41) is 7.80. The molecule has 0 unspecified atom stereocenters. The van der Waals surface area contributed by atoms with Crippen LogP contribution in [0.25, 0.3) is 11.0 Å². The van der Waals surface area contributed by atoms with Crippen molar-refractivity contribution in [3.63, 3.8) is 0 Å². The number of amides is 1. The molecule has 174 valence electrons. The topological polar surface area (TPSA) is 143 Å². The third-order valence-electron chi connectivity index (χ3n) is 4.75. The van der Waals surface area contributed by atoms with E-state index >= 15 is 0 Å². The molecule has 1 aromatic heterocycles. The van der Waals surface area contributed by atoms with Gasteiger partial charge in [-0.1, -0.05) is 18.2 Å². The first kappa shape index (κ1) is 23.0. The Morgan fingerprint density at radius 1 is 0.882 bits per heavy atom. The summed E-state index contributed by atoms with van der Waals surface area (Å²) in [5.74, 6) is 0.482. The van der Waals surface area contributed by atoms with E-state index in [9.17, 15) is 13.2 Å². The summed E-state index contributed by atoms with van der Waals surface area (Å²) in [6.45, 7) is 0. The van der Waals surface area contributed by atoms with Gasteiger partial charge in [-0.25, -0.2) is 23.5 Å². The number of nitrogens with zero attached hydrogens (tertiary/aromatic N) is 2. The Labute approximate surface area is 195 Å². The molecule has 0 aliphatic heterocycles. The third-order valence-corrected chi connectivity index (χ3v) is 5.66. The number of para-hydroxylation sites is 2. The summed E-state index contributed by atoms with van der Waals surface area (Å²) < 4.78 is 39.8. The first-order valence-electron chi connectivity index (χ1n) is 9.89. The Hall–Kier alpha value is -4.22. The Morgan fingerprint density at radius 3 is 2.29 bits per heavy atom. The Morgan fingerprint density at radius 2 is 1.62 bits per heavy atom. The van der Waals surface area contributed by atoms with Crippen molar-refractivity contribution in [3.05, 3.63) is 72.4 Å². The lowest BCUT2D eigenvalue weighted by Crippen LogP contribution is -2.17. The molecule has 10 nitrogen and oxygen atoms in total. The van der Waals surface area contributed by atoms with E-state index in [1.165, 1.54) is 38.5 Å². The van der Waals surface area contributed by atoms with Crippen LogP contribution < -0.4 is 24.7 Å². The number of hydrogen-bond donors (Lipinski definition) is 2. The van der Waals surface area contributed by atoms with Crippen LogP contribution in [0, 0.1) is 0 Å². The highest BCUT2D eigenvalue weighted by molar-refractivity contribution is 7.89. The molecule has 0 fully saturated rings. The molecule has 0 spiro atoms. The Bertz CT molecular complexity index is 1490. The normalized spacial score (nSPS) is 11.1. The van der Waals surface area contributed by atoms with E-state index in [2.05, 4.69) is 15.3 Å². The molecule has 0 aliphatic rings. The van der Waals surface area contributed by atoms with Crippen LogP contribution in [0.2, 0.25) is 0 Å². The van der Waals surface area contributed by atoms with Crippen LogP contribution in [-0.4, -0.2) is 38.5 Å². The minimum atomic E-state index is -3.95. The fraction of sp³-hybridized carbons (Fsp3) is 0.0870. The number of carbonyl (C=O) groups excluding carboxylic acids is 1. The molecule has 34 heavy (non-hydrogen) atoms. The predicted octanol–water partition coefficient (Wildman–Crippen LogP) is 3.34. The fourth-order valence-electron chi connectivity index (χ4n) is 3.11. The summed E-state index contributed by atoms with van der Waals surface area (Å²) in [5.41, 5.74) is 1.08. The van der Waals surface area contributed by atoms with Gasteiger partial charge in [-0.05, 0) is 42.5 Å². The van der Waals surface area contributed by atoms with Crippen molar-refractivity contribution in [2.24, 2.45) is 5.14 Å². The zero-order valence-electron chi connectivity index (χ0n) is 18.2. The highest BCUT2D eigenvalue weighted by Gasteiger charge is 2.21. The van der Waals surface area contributed by atoms with Crippen molar-refractivity contribution in [1.29, 1.82) is 0 Å². The second-order valence-corrected chi connectivity index (χ2v) is 8.57. The summed E-state index contributed by atoms with van der Waals surface area (Å²) in [4.78, 5) is 21.9. The van der Waals surface area contributed by atoms with Gasteiger partial charge >= 0.3 is 0 Å². The van der Waals surface area contributed by atoms with E-state index < -0.39 is 15.9 Å². The number of carbonyl (C=O) groups is 1. The van der Waals surface area contributed by atoms with Crippen molar-refractivity contribution in [2.75, 3.05) is 19.5 Å². The first-order chi connectivity index (χ1) is 16.3. The first-order valence-corrected chi connectivity index (χ1v) is 11.4. The second-order valence-electron chi connectivity index (χ2n) is 7.01. The third kappa shape index (κ3) is 4.90. The lowest BCUT2D eigenvalue weighted by Gasteiger charge is -2.14. The molecular weight excluding hydrogens is 460 g/mol. The number of sulfonamides is 1. The van der Waals surface area contributed by atoms with E-state index in [0.29, 0.717) is 22.5 Å². The van der Waals surface area contributed by atoms with Gasteiger partial charge in [0.25, 0.3) is 11.8 Å². The van der Waals surface area contributed by atoms with E-state index in [-0.39, 0.29) is 27.9 Å². The van der Waals surface area contributed by atoms with Crippen molar-refractivity contribution in [3.8, 4) is 23.1 Å². The molecule has 0 bridgehead atoms. The number of hydrogen-bond acceptors (Lipinski definition) is 8. The van der Waals surface area contributed by atoms with Crippen LogP contribution in [-0.2, 0) is 10.0 Å². The maximum Gasteiger partial charge on any atom is 0.279 e. The number of fused-ring (bicyclic) bond motifs is 1. The van der Waals surface area contributed by atoms with Crippen molar-refractivity contribution >= 4 is 32.7 Å². The summed E-state index contributed by atoms with van der Waals surface area (Å²) in [7, 11) is -0.948. The molecule has 3 aromatic carbocycles. The maximum atomic E-state index is 13.2. The smallest absolute Gasteiger partial charge is 0.279 e. The molecule has 0 saturated heterocycles. The van der Waals surface area contributed by atoms with E-state index in [0.717, 1.165) is 0 Å². The van der Waals surface area contributed by atoms with Gasteiger partial charge in [-0.15, -0.1) is 0 Å². The second kappa shape index (κ2) is 9.33. The van der Waals surface area contributed by atoms with Gasteiger partial charge in [0.1, 0.15) is 5.75 Å². The number of aromatic nitrogens is 2. The van der Waals surface area contributed by atoms with Crippen LogP contribution >= 0.6 is 0 Å². The van der Waals surface area contributed by atoms with Crippen molar-refractivity contribution < 1.29 is 27.4 Å². The van der Waals surface area contributed by atoms with Gasteiger partial charge < -0.3 is 19.5 Å². The van der Waals surface area contributed by atoms with Gasteiger partial charge in [0.05, 0.1) is 30.1 Å². The van der Waals surface area contributed by atoms with Gasteiger partial charge in [0.2, 0.25) is 10.0 Å². The quantitative estimate of drug-likeness (QED) is 0.410. The standard InChI is InChI=1S/C23H20N4O6S/c1-31-15-10-11-19(20(13-15)32-2)33-23-21(26-17-8-3-4-9-18(17)27-23)22(28)25-14-6-5-7-16(12-14)34(24,29)30/h3-13H,1-2H3,(H,25,28)(H2,24,29,30). The minimum Gasteiger partial charge on any atom is -0.497 e. The van der Waals surface area contributed by atoms with Crippen LogP contribution in [0.1, 0.15) is 10.5 Å². The monoisotopic (exact) mass is 480 g/mol. The number of methoxy groups -OCH3 is 2. The zero-order valence-corrected chi connectivity index (χ0v) is 19.0. The van der Waals surface area contributed by atoms with Crippen LogP contribution in [0.15, 0.2) is 71.6 Å². The van der Waals surface area contributed by atoms with E-state index in [1.807, 2.05) is 0 Å². The lowest BCUT2D eigenvalue weighted by molar-refractivity contribution is 0.101. The van der Waals surface area contributed by atoms with E-state index in [1.54, 1.807) is 42.5 Å². The lowest BCUT2D eigenvalue weighted by atomic mass is 10.2. The van der Waals surface area contributed by atoms with E-state index in [4.69, 9.17) is 19.3 Å². The molecule has 4 rings (SSSR count). The molecule has 11 heteroatoms. The van der Waals surface area contributed by atoms with Crippen molar-refractivity contribution in [2.45, 2.75) is 4.90 Å². The number of anilines is 1. The number of nitrogens with one attached hydrogen (secondary N) is 1. The number of rotatable bonds is 7. The molecule has 3 N–H and O–H groups in total. The predicted molar refractivity (Wildman–Crippen MR) is 125 cm³/mol. The Balaban J connectivity index is 1.75. The summed E-state index contributed by atoms with van der Waals surface area (Å²) in [6, 6.07) is 17.5. The number of primary sulfonamides is 1. The molecular formula is C23H20N4O6S. The minimum absolute atomic E-state index is 0.0673. The van der Waals surface area contributed by atoms with Gasteiger partial charge in [-0.2, -0.15) is 0 Å². The SMILES string of the molecule is COc1ccc(Oc2nc3ccccc3nc2C(=O)Nc2cccc(S(N)(=O)=O)c2)c(OC)c1. The van der Waals surface area contributed by atoms with Gasteiger partial charge in [0, 0.05) is 11.8 Å². The number of nitrogens with two attached hydrogens (primary N) is 1. The largest absolute Gasteiger partial charge is 0.497 e. The van der Waals surface area contributed by atoms with Gasteiger partial charge in [0.15, 0.2) is 17.2 Å². The molecule has 0 radical (unpaired) electrons. The highest BCUT2D eigenvalue weighted by atomic mass is 32.2. The summed E-state index contributed by atoms with van der Waals surface area (Å²) in [6.07, 6.45) is 0. The van der Waals surface area contributed by atoms with Crippen LogP contribution in [0.5, 0.6) is 23.1 Å². The molecule has 1 heterocycles.